The lowest BCUT2D eigenvalue weighted by Crippen LogP contribution is -2.43. The normalized spacial score (nSPS) is 13.0. The first-order chi connectivity index (χ1) is 26.8. The Bertz CT molecular complexity index is 1370. The van der Waals surface area contributed by atoms with Gasteiger partial charge in [-0.25, -0.2) is 4.79 Å². The molecule has 0 saturated heterocycles. The van der Waals surface area contributed by atoms with Gasteiger partial charge in [0.1, 0.15) is 17.9 Å². The van der Waals surface area contributed by atoms with E-state index in [1.807, 2.05) is 83.1 Å². The maximum atomic E-state index is 12.0. The van der Waals surface area contributed by atoms with Crippen LogP contribution in [0, 0.1) is 21.7 Å². The highest BCUT2D eigenvalue weighted by Gasteiger charge is 2.27. The molecular weight excluding hydrogens is 782 g/mol. The molecule has 0 unspecified atom stereocenters. The number of carbonyl (C=O) groups excluding carboxylic acids is 5. The third kappa shape index (κ3) is 51.5. The summed E-state index contributed by atoms with van der Waals surface area (Å²) in [5, 5.41) is 39.8. The summed E-state index contributed by atoms with van der Waals surface area (Å²) < 4.78 is 0. The fraction of sp³-hybridized carbons (Fsp3) is 0.762. The molecule has 0 aromatic carbocycles. The van der Waals surface area contributed by atoms with Crippen molar-refractivity contribution in [3.8, 4) is 0 Å². The van der Waals surface area contributed by atoms with Crippen LogP contribution in [0.2, 0.25) is 0 Å². The average Bonchev–Trinajstić information content (AvgIpc) is 3.02. The van der Waals surface area contributed by atoms with Gasteiger partial charge >= 0.3 is 30.0 Å². The number of nitrogens with two attached hydrogens (primary N) is 3. The van der Waals surface area contributed by atoms with Crippen molar-refractivity contribution in [2.75, 3.05) is 6.54 Å². The van der Waals surface area contributed by atoms with Crippen LogP contribution in [0.4, 0.5) is 0 Å². The Morgan fingerprint density at radius 1 is 0.550 bits per heavy atom. The Hall–Kier alpha value is -4.51. The van der Waals surface area contributed by atoms with Gasteiger partial charge in [-0.2, -0.15) is 9.59 Å². The van der Waals surface area contributed by atoms with Gasteiger partial charge in [-0.15, -0.1) is 0 Å². The topological polar surface area (TPSA) is 337 Å². The molecule has 0 radical (unpaired) electrons. The van der Waals surface area contributed by atoms with E-state index in [0.717, 1.165) is 0 Å². The summed E-state index contributed by atoms with van der Waals surface area (Å²) in [5.74, 6) is -4.32. The van der Waals surface area contributed by atoms with Crippen LogP contribution in [0.25, 0.3) is 0 Å². The Morgan fingerprint density at radius 3 is 1.18 bits per heavy atom. The molecule has 0 aliphatic rings. The molecule has 0 fully saturated rings. The highest BCUT2D eigenvalue weighted by Crippen LogP contribution is 2.23. The molecule has 0 aliphatic heterocycles. The van der Waals surface area contributed by atoms with E-state index in [0.29, 0.717) is 44.3 Å². The minimum Gasteiger partial charge on any atom is -0.481 e. The summed E-state index contributed by atoms with van der Waals surface area (Å²) in [4.78, 5) is 93.1. The summed E-state index contributed by atoms with van der Waals surface area (Å²) in [6.45, 7) is 29.7. The zero-order chi connectivity index (χ0) is 48.8. The van der Waals surface area contributed by atoms with Crippen molar-refractivity contribution in [2.24, 2.45) is 38.9 Å². The maximum absolute atomic E-state index is 12.0. The van der Waals surface area contributed by atoms with Crippen LogP contribution >= 0.6 is 0 Å². The van der Waals surface area contributed by atoms with Crippen molar-refractivity contribution < 1.29 is 63.6 Å². The number of amides is 1. The predicted molar refractivity (Wildman–Crippen MR) is 228 cm³/mol. The minimum absolute atomic E-state index is 0.00169. The Labute approximate surface area is 357 Å². The first kappa shape index (κ1) is 64.6. The highest BCUT2D eigenvalue weighted by molar-refractivity contribution is 5.90. The van der Waals surface area contributed by atoms with Crippen LogP contribution in [-0.4, -0.2) is 98.6 Å². The van der Waals surface area contributed by atoms with E-state index < -0.39 is 48.0 Å². The molecule has 0 heterocycles. The number of aliphatic carboxylic acids is 4. The van der Waals surface area contributed by atoms with Crippen LogP contribution < -0.4 is 27.8 Å². The molecule has 18 nitrogen and oxygen atoms in total. The number of ketones is 2. The summed E-state index contributed by atoms with van der Waals surface area (Å²) in [5.41, 5.74) is 16.8. The number of Topliss-reactive ketones (excluding diaryl/α,β-unsaturated/α-hetero) is 2. The van der Waals surface area contributed by atoms with Gasteiger partial charge in [-0.05, 0) is 67.2 Å². The molecule has 350 valence electrons. The van der Waals surface area contributed by atoms with Crippen molar-refractivity contribution in [1.29, 1.82) is 0 Å². The molecule has 18 heteroatoms. The highest BCUT2D eigenvalue weighted by atomic mass is 16.4. The number of carboxylic acids is 4. The number of allylic oxidation sites excluding steroid dienone is 1. The first-order valence-electron chi connectivity index (χ1n) is 19.7. The largest absolute Gasteiger partial charge is 0.481 e. The number of hydrogen-bond acceptors (Lipinski definition) is 13. The molecule has 60 heavy (non-hydrogen) atoms. The number of carbonyl (C=O) groups is 7. The molecular formula is C42H79N5O13. The molecule has 0 aromatic rings. The van der Waals surface area contributed by atoms with E-state index in [-0.39, 0.29) is 77.4 Å². The van der Waals surface area contributed by atoms with Crippen LogP contribution in [0.15, 0.2) is 12.3 Å². The minimum atomic E-state index is -1.01. The molecule has 0 spiro atoms. The second-order valence-corrected chi connectivity index (χ2v) is 19.2. The molecule has 0 bridgehead atoms. The van der Waals surface area contributed by atoms with Gasteiger partial charge in [0.2, 0.25) is 5.91 Å². The SMILES string of the molecule is C=C(C)N[C@@H](CC(C)(C)C)C(=O)O.CC(C)(C)C[C@H](N)C(=O)CCC(=O)O.CC(C)(C)C[C@H](N)C(=O)O.CC(C)(C)C[C@H](NC(=O)CCCN)C(=O)CCC(=O)O.O=C=O. The molecule has 0 aliphatic carbocycles. The van der Waals surface area contributed by atoms with Gasteiger partial charge in [0, 0.05) is 25.0 Å². The lowest BCUT2D eigenvalue weighted by atomic mass is 9.85. The van der Waals surface area contributed by atoms with Crippen LogP contribution in [0.5, 0.6) is 0 Å². The quantitative estimate of drug-likeness (QED) is 0.0812. The Morgan fingerprint density at radius 2 is 0.900 bits per heavy atom. The summed E-state index contributed by atoms with van der Waals surface area (Å²) >= 11 is 0. The zero-order valence-corrected chi connectivity index (χ0v) is 38.5. The number of rotatable bonds is 20. The molecule has 0 aromatic heterocycles. The van der Waals surface area contributed by atoms with Crippen molar-refractivity contribution in [1.82, 2.24) is 10.6 Å². The smallest absolute Gasteiger partial charge is 0.373 e. The predicted octanol–water partition coefficient (Wildman–Crippen LogP) is 4.51. The Balaban J connectivity index is -0.000000225. The van der Waals surface area contributed by atoms with Crippen LogP contribution in [0.3, 0.4) is 0 Å². The fourth-order valence-corrected chi connectivity index (χ4v) is 4.84. The van der Waals surface area contributed by atoms with E-state index in [1.54, 1.807) is 6.92 Å². The lowest BCUT2D eigenvalue weighted by molar-refractivity contribution is -0.192. The van der Waals surface area contributed by atoms with Crippen molar-refractivity contribution in [3.63, 3.8) is 0 Å². The van der Waals surface area contributed by atoms with Crippen molar-refractivity contribution in [2.45, 2.75) is 178 Å². The summed E-state index contributed by atoms with van der Waals surface area (Å²) in [6.07, 6.45) is 2.91. The van der Waals surface area contributed by atoms with E-state index in [2.05, 4.69) is 17.2 Å². The van der Waals surface area contributed by atoms with Gasteiger partial charge in [-0.3, -0.25) is 28.8 Å². The lowest BCUT2D eigenvalue weighted by Gasteiger charge is -2.26. The number of hydrogen-bond donors (Lipinski definition) is 9. The second kappa shape index (κ2) is 32.3. The third-order valence-electron chi connectivity index (χ3n) is 7.25. The van der Waals surface area contributed by atoms with Gasteiger partial charge in [0.25, 0.3) is 0 Å². The monoisotopic (exact) mass is 862 g/mol. The summed E-state index contributed by atoms with van der Waals surface area (Å²) in [6, 6.07) is -2.41. The van der Waals surface area contributed by atoms with Gasteiger partial charge < -0.3 is 48.3 Å². The Kier molecular flexibility index (Phi) is 34.8. The van der Waals surface area contributed by atoms with Gasteiger partial charge in [0.05, 0.1) is 24.9 Å². The first-order valence-corrected chi connectivity index (χ1v) is 19.7. The second-order valence-electron chi connectivity index (χ2n) is 19.2. The van der Waals surface area contributed by atoms with E-state index >= 15 is 0 Å². The van der Waals surface area contributed by atoms with Crippen molar-refractivity contribution >= 4 is 47.5 Å². The number of carboxylic acid groups (broad SMARTS) is 4. The molecule has 0 rings (SSSR count). The van der Waals surface area contributed by atoms with E-state index in [9.17, 15) is 33.6 Å². The van der Waals surface area contributed by atoms with E-state index in [1.165, 1.54) is 0 Å². The van der Waals surface area contributed by atoms with Gasteiger partial charge in [0.15, 0.2) is 5.78 Å². The third-order valence-corrected chi connectivity index (χ3v) is 7.25. The average molecular weight is 862 g/mol. The van der Waals surface area contributed by atoms with Crippen molar-refractivity contribution in [3.05, 3.63) is 12.3 Å². The van der Waals surface area contributed by atoms with Gasteiger partial charge in [-0.1, -0.05) is 89.7 Å². The molecule has 0 saturated carbocycles. The maximum Gasteiger partial charge on any atom is 0.373 e. The molecule has 4 atom stereocenters. The molecule has 12 N–H and O–H groups in total. The summed E-state index contributed by atoms with van der Waals surface area (Å²) in [7, 11) is 0. The van der Waals surface area contributed by atoms with Crippen LogP contribution in [0.1, 0.15) is 154 Å². The standard InChI is InChI=1S/C14H26N2O4.C10H19NO3.C10H19NO2.C7H15NO2.CO2/c1-14(2,3)9-10(11(17)6-7-13(19)20)16-12(18)5-4-8-15;1-10(2,3)6-7(11)8(12)4-5-9(13)14;1-7(2)11-8(9(12)13)6-10(3,4)5;1-7(2,3)4-5(8)6(9)10;2-1-3/h10H,4-9,15H2,1-3H3,(H,16,18)(H,19,20);7H,4-6,11H2,1-3H3,(H,13,14);8,11H,1,6H2,2-5H3,(H,12,13);5H,4,8H2,1-3H3,(H,9,10);/t10-;7-;8-;5-;/m0000./s1. The zero-order valence-electron chi connectivity index (χ0n) is 38.5. The van der Waals surface area contributed by atoms with E-state index in [4.69, 9.17) is 47.2 Å². The van der Waals surface area contributed by atoms with Crippen LogP contribution in [-0.2, 0) is 43.2 Å². The molecule has 1 amide bonds. The number of nitrogens with one attached hydrogen (secondary N) is 2. The fourth-order valence-electron chi connectivity index (χ4n) is 4.84.